The normalized spacial score (nSPS) is 24.4. The van der Waals surface area contributed by atoms with Crippen LogP contribution in [-0.4, -0.2) is 48.7 Å². The molecule has 1 unspecified atom stereocenters. The Kier molecular flexibility index (Phi) is 6.53. The average Bonchev–Trinajstić information content (AvgIpc) is 3.40. The van der Waals surface area contributed by atoms with Crippen LogP contribution in [0.25, 0.3) is 0 Å². The van der Waals surface area contributed by atoms with Crippen molar-refractivity contribution in [1.29, 1.82) is 0 Å². The number of benzene rings is 2. The van der Waals surface area contributed by atoms with E-state index in [0.29, 0.717) is 23.5 Å². The smallest absolute Gasteiger partial charge is 0.425 e. The third kappa shape index (κ3) is 4.79. The van der Waals surface area contributed by atoms with Crippen molar-refractivity contribution in [2.24, 2.45) is 5.92 Å². The first-order valence-electron chi connectivity index (χ1n) is 11.9. The third-order valence-corrected chi connectivity index (χ3v) is 8.26. The summed E-state index contributed by atoms with van der Waals surface area (Å²) in [7, 11) is 0. The van der Waals surface area contributed by atoms with Crippen LogP contribution in [0.1, 0.15) is 45.3 Å². The number of quaternary nitrogens is 1. The van der Waals surface area contributed by atoms with Crippen LogP contribution in [0.2, 0.25) is 0 Å². The van der Waals surface area contributed by atoms with Gasteiger partial charge in [0.1, 0.15) is 13.1 Å². The number of Topliss-reactive ketones (excluding diaryl/α,β-unsaturated/α-hetero) is 1. The molecule has 3 fully saturated rings. The Morgan fingerprint density at radius 3 is 2.44 bits per heavy atom. The number of hydrogen-bond donors (Lipinski definition) is 0. The fourth-order valence-electron chi connectivity index (χ4n) is 5.46. The van der Waals surface area contributed by atoms with E-state index in [1.54, 1.807) is 0 Å². The molecule has 5 nitrogen and oxygen atoms in total. The van der Waals surface area contributed by atoms with Crippen molar-refractivity contribution < 1.29 is 23.5 Å². The van der Waals surface area contributed by atoms with Gasteiger partial charge in [0.05, 0.1) is 18.0 Å². The molecule has 3 saturated heterocycles. The maximum absolute atomic E-state index is 13.1. The van der Waals surface area contributed by atoms with Crippen molar-refractivity contribution in [2.45, 2.75) is 32.0 Å². The van der Waals surface area contributed by atoms with Gasteiger partial charge in [0, 0.05) is 24.3 Å². The predicted octanol–water partition coefficient (Wildman–Crippen LogP) is 5.79. The number of ether oxygens (including phenoxy) is 2. The number of aryl methyl sites for hydroxylation is 1. The van der Waals surface area contributed by atoms with E-state index in [2.05, 4.69) is 0 Å². The SMILES string of the molecule is Cc1ccccc1C(OC(=O)O[C@H]1C[N+]2(CC(=O)c3cccs3)CCC1CC2)c1ccccc1. The molecule has 2 bridgehead atoms. The van der Waals surface area contributed by atoms with Gasteiger partial charge in [0.25, 0.3) is 0 Å². The second-order valence-electron chi connectivity index (χ2n) is 9.54. The molecule has 6 heteroatoms. The van der Waals surface area contributed by atoms with Gasteiger partial charge in [-0.05, 0) is 29.5 Å². The summed E-state index contributed by atoms with van der Waals surface area (Å²) in [6.07, 6.45) is 0.545. The Morgan fingerprint density at radius 1 is 1.00 bits per heavy atom. The zero-order valence-electron chi connectivity index (χ0n) is 19.4. The molecular formula is C28H30NO4S+. The number of thiophene rings is 1. The summed E-state index contributed by atoms with van der Waals surface area (Å²) in [6, 6.07) is 21.5. The van der Waals surface area contributed by atoms with Crippen LogP contribution in [0, 0.1) is 12.8 Å². The number of rotatable bonds is 7. The van der Waals surface area contributed by atoms with Crippen molar-refractivity contribution >= 4 is 23.3 Å². The summed E-state index contributed by atoms with van der Waals surface area (Å²) in [5, 5.41) is 1.94. The lowest BCUT2D eigenvalue weighted by molar-refractivity contribution is -0.938. The van der Waals surface area contributed by atoms with Crippen molar-refractivity contribution in [2.75, 3.05) is 26.2 Å². The number of hydrogen-bond acceptors (Lipinski definition) is 5. The summed E-state index contributed by atoms with van der Waals surface area (Å²) in [5.41, 5.74) is 2.92. The minimum Gasteiger partial charge on any atom is -0.425 e. The van der Waals surface area contributed by atoms with E-state index in [1.165, 1.54) is 11.3 Å². The standard InChI is InChI=1S/C28H30NO4S/c1-20-8-5-6-11-23(20)27(22-9-3-2-4-10-22)33-28(31)32-25-19-29(15-13-21(25)14-16-29)18-24(30)26-12-7-17-34-26/h2-12,17,21,25,27H,13-16,18-19H2,1H3/q+1/t21?,25-,27?,29?/m0/s1. The average molecular weight is 477 g/mol. The quantitative estimate of drug-likeness (QED) is 0.246. The lowest BCUT2D eigenvalue weighted by Gasteiger charge is -2.51. The summed E-state index contributed by atoms with van der Waals surface area (Å²) < 4.78 is 12.6. The van der Waals surface area contributed by atoms with Gasteiger partial charge in [-0.2, -0.15) is 0 Å². The molecule has 0 saturated carbocycles. The van der Waals surface area contributed by atoms with Crippen molar-refractivity contribution in [1.82, 2.24) is 0 Å². The minimum atomic E-state index is -0.640. The lowest BCUT2D eigenvalue weighted by atomic mass is 9.83. The Labute approximate surface area is 204 Å². The molecule has 2 atom stereocenters. The monoisotopic (exact) mass is 476 g/mol. The van der Waals surface area contributed by atoms with Gasteiger partial charge in [-0.3, -0.25) is 4.79 Å². The van der Waals surface area contributed by atoms with Gasteiger partial charge in [-0.25, -0.2) is 4.79 Å². The molecule has 0 spiro atoms. The highest BCUT2D eigenvalue weighted by Gasteiger charge is 2.49. The molecule has 0 amide bonds. The molecule has 4 heterocycles. The number of carbonyl (C=O) groups is 2. The van der Waals surface area contributed by atoms with E-state index in [-0.39, 0.29) is 11.9 Å². The Bertz CT molecular complexity index is 1140. The highest BCUT2D eigenvalue weighted by atomic mass is 32.1. The van der Waals surface area contributed by atoms with Gasteiger partial charge in [-0.1, -0.05) is 60.7 Å². The van der Waals surface area contributed by atoms with Crippen molar-refractivity contribution in [3.8, 4) is 0 Å². The number of ketones is 1. The largest absolute Gasteiger partial charge is 0.509 e. The highest BCUT2D eigenvalue weighted by Crippen LogP contribution is 2.37. The van der Waals surface area contributed by atoms with Crippen LogP contribution < -0.4 is 0 Å². The molecule has 0 aliphatic carbocycles. The molecule has 3 aliphatic rings. The number of piperidine rings is 3. The maximum Gasteiger partial charge on any atom is 0.509 e. The molecular weight excluding hydrogens is 446 g/mol. The minimum absolute atomic E-state index is 0.181. The van der Waals surface area contributed by atoms with Gasteiger partial charge in [0.2, 0.25) is 5.78 Å². The predicted molar refractivity (Wildman–Crippen MR) is 132 cm³/mol. The molecule has 0 N–H and O–H groups in total. The van der Waals surface area contributed by atoms with Crippen molar-refractivity contribution in [3.63, 3.8) is 0 Å². The first-order valence-corrected chi connectivity index (χ1v) is 12.8. The first kappa shape index (κ1) is 22.8. The zero-order chi connectivity index (χ0) is 23.5. The fraction of sp³-hybridized carbons (Fsp3) is 0.357. The molecule has 1 aromatic heterocycles. The number of nitrogens with zero attached hydrogens (tertiary/aromatic N) is 1. The summed E-state index contributed by atoms with van der Waals surface area (Å²) in [6.45, 7) is 5.10. The summed E-state index contributed by atoms with van der Waals surface area (Å²) in [5.74, 6) is 0.512. The topological polar surface area (TPSA) is 52.6 Å². The van der Waals surface area contributed by atoms with Crippen LogP contribution in [-0.2, 0) is 9.47 Å². The molecule has 34 heavy (non-hydrogen) atoms. The van der Waals surface area contributed by atoms with Crippen LogP contribution in [0.15, 0.2) is 72.1 Å². The Balaban J connectivity index is 1.29. The van der Waals surface area contributed by atoms with E-state index in [4.69, 9.17) is 9.47 Å². The number of fused-ring (bicyclic) bond motifs is 3. The fourth-order valence-corrected chi connectivity index (χ4v) is 6.12. The number of carbonyl (C=O) groups excluding carboxylic acids is 2. The van der Waals surface area contributed by atoms with Crippen molar-refractivity contribution in [3.05, 3.63) is 93.7 Å². The second-order valence-corrected chi connectivity index (χ2v) is 10.5. The van der Waals surface area contributed by atoms with Crippen LogP contribution in [0.4, 0.5) is 4.79 Å². The van der Waals surface area contributed by atoms with Crippen LogP contribution in [0.5, 0.6) is 0 Å². The summed E-state index contributed by atoms with van der Waals surface area (Å²) >= 11 is 1.49. The van der Waals surface area contributed by atoms with Gasteiger partial charge in [-0.15, -0.1) is 11.3 Å². The molecule has 6 rings (SSSR count). The Hall–Kier alpha value is -2.96. The molecule has 3 aromatic rings. The van der Waals surface area contributed by atoms with Gasteiger partial charge in [0.15, 0.2) is 12.2 Å². The van der Waals surface area contributed by atoms with Gasteiger partial charge < -0.3 is 14.0 Å². The molecule has 2 aromatic carbocycles. The summed E-state index contributed by atoms with van der Waals surface area (Å²) in [4.78, 5) is 26.7. The van der Waals surface area contributed by atoms with Crippen LogP contribution >= 0.6 is 11.3 Å². The maximum atomic E-state index is 13.1. The van der Waals surface area contributed by atoms with Gasteiger partial charge >= 0.3 is 6.16 Å². The molecule has 0 radical (unpaired) electrons. The van der Waals surface area contributed by atoms with E-state index in [9.17, 15) is 9.59 Å². The van der Waals surface area contributed by atoms with E-state index < -0.39 is 12.3 Å². The Morgan fingerprint density at radius 2 is 1.74 bits per heavy atom. The first-order chi connectivity index (χ1) is 16.5. The highest BCUT2D eigenvalue weighted by molar-refractivity contribution is 7.12. The van der Waals surface area contributed by atoms with Crippen LogP contribution in [0.3, 0.4) is 0 Å². The molecule has 176 valence electrons. The third-order valence-electron chi connectivity index (χ3n) is 7.35. The molecule has 3 aliphatic heterocycles. The van der Waals surface area contributed by atoms with E-state index in [1.807, 2.05) is 79.0 Å². The second kappa shape index (κ2) is 9.72. The van der Waals surface area contributed by atoms with E-state index in [0.717, 1.165) is 47.5 Å². The zero-order valence-corrected chi connectivity index (χ0v) is 20.2. The van der Waals surface area contributed by atoms with E-state index >= 15 is 0 Å². The lowest BCUT2D eigenvalue weighted by Crippen LogP contribution is -2.65.